The largest absolute Gasteiger partial charge is 0.495 e. The lowest BCUT2D eigenvalue weighted by molar-refractivity contribution is -0.384. The van der Waals surface area contributed by atoms with Crippen molar-refractivity contribution in [2.24, 2.45) is 0 Å². The van der Waals surface area contributed by atoms with E-state index < -0.39 is 14.9 Å². The number of nitrogens with zero attached hydrogens (tertiary/aromatic N) is 4. The van der Waals surface area contributed by atoms with Crippen molar-refractivity contribution in [2.45, 2.75) is 36.6 Å². The highest BCUT2D eigenvalue weighted by molar-refractivity contribution is 7.92. The number of nitrogens with two attached hydrogens (primary N) is 1. The quantitative estimate of drug-likeness (QED) is 0.273. The number of aromatic nitrogens is 3. The number of methoxy groups -OCH3 is 1. The molecule has 12 heteroatoms. The number of sulfonamides is 1. The molecule has 1 fully saturated rings. The van der Waals surface area contributed by atoms with Gasteiger partial charge in [0.25, 0.3) is 15.7 Å². The highest BCUT2D eigenvalue weighted by atomic mass is 32.2. The Balaban J connectivity index is 1.52. The molecule has 2 heterocycles. The maximum absolute atomic E-state index is 12.9. The van der Waals surface area contributed by atoms with Gasteiger partial charge in [-0.2, -0.15) is 0 Å². The van der Waals surface area contributed by atoms with Crippen LogP contribution in [0.5, 0.6) is 5.75 Å². The average molecular weight is 509 g/mol. The molecule has 3 N–H and O–H groups in total. The summed E-state index contributed by atoms with van der Waals surface area (Å²) in [6.45, 7) is 0. The summed E-state index contributed by atoms with van der Waals surface area (Å²) in [5.74, 6) is 0.670. The maximum atomic E-state index is 12.9. The number of rotatable bonds is 7. The number of hydrogen-bond donors (Lipinski definition) is 2. The minimum atomic E-state index is -4.01. The van der Waals surface area contributed by atoms with E-state index in [-0.39, 0.29) is 16.3 Å². The van der Waals surface area contributed by atoms with E-state index in [9.17, 15) is 18.5 Å². The number of nitro benzene ring substituents is 1. The van der Waals surface area contributed by atoms with Crippen molar-refractivity contribution in [2.75, 3.05) is 17.6 Å². The second-order valence-corrected chi connectivity index (χ2v) is 10.3. The molecule has 0 unspecified atom stereocenters. The zero-order valence-corrected chi connectivity index (χ0v) is 20.2. The molecule has 0 aliphatic heterocycles. The monoisotopic (exact) mass is 508 g/mol. The van der Waals surface area contributed by atoms with Crippen LogP contribution in [-0.4, -0.2) is 35.0 Å². The van der Waals surface area contributed by atoms with Crippen molar-refractivity contribution in [3.8, 4) is 16.9 Å². The number of benzene rings is 2. The smallest absolute Gasteiger partial charge is 0.269 e. The first kappa shape index (κ1) is 23.5. The van der Waals surface area contributed by atoms with E-state index >= 15 is 0 Å². The predicted octanol–water partition coefficient (Wildman–Crippen LogP) is 4.51. The molecular weight excluding hydrogens is 484 g/mol. The first-order chi connectivity index (χ1) is 17.3. The lowest BCUT2D eigenvalue weighted by atomic mass is 10.1. The summed E-state index contributed by atoms with van der Waals surface area (Å²) in [7, 11) is -2.56. The molecule has 0 spiro atoms. The van der Waals surface area contributed by atoms with E-state index in [0.717, 1.165) is 60.0 Å². The van der Waals surface area contributed by atoms with E-state index in [1.807, 2.05) is 6.20 Å². The highest BCUT2D eigenvalue weighted by Gasteiger charge is 2.24. The van der Waals surface area contributed by atoms with Gasteiger partial charge in [-0.15, -0.1) is 0 Å². The SMILES string of the molecule is COc1cc(-c2cn(C3CCCC3)c3ncnc(N)c23)ccc1NS(=O)(=O)c1ccc([N+](=O)[O-])cc1. The number of ether oxygens (including phenoxy) is 1. The summed E-state index contributed by atoms with van der Waals surface area (Å²) in [6.07, 6.45) is 7.96. The number of nitro groups is 1. The number of non-ortho nitro benzene ring substituents is 1. The lowest BCUT2D eigenvalue weighted by Gasteiger charge is -2.13. The Morgan fingerprint density at radius 2 is 1.86 bits per heavy atom. The lowest BCUT2D eigenvalue weighted by Crippen LogP contribution is -2.13. The Bertz CT molecular complexity index is 1560. The maximum Gasteiger partial charge on any atom is 0.269 e. The molecule has 2 aromatic carbocycles. The average Bonchev–Trinajstić information content (AvgIpc) is 3.53. The van der Waals surface area contributed by atoms with Gasteiger partial charge in [-0.25, -0.2) is 18.4 Å². The Morgan fingerprint density at radius 3 is 2.53 bits per heavy atom. The van der Waals surface area contributed by atoms with Crippen molar-refractivity contribution in [1.29, 1.82) is 0 Å². The fraction of sp³-hybridized carbons (Fsp3) is 0.250. The molecule has 36 heavy (non-hydrogen) atoms. The minimum absolute atomic E-state index is 0.108. The number of hydrogen-bond acceptors (Lipinski definition) is 8. The number of fused-ring (bicyclic) bond motifs is 1. The number of anilines is 2. The van der Waals surface area contributed by atoms with Crippen LogP contribution in [0, 0.1) is 10.1 Å². The zero-order valence-electron chi connectivity index (χ0n) is 19.4. The van der Waals surface area contributed by atoms with Crippen molar-refractivity contribution in [3.05, 3.63) is 65.1 Å². The van der Waals surface area contributed by atoms with Crippen LogP contribution >= 0.6 is 0 Å². The molecule has 1 aliphatic carbocycles. The molecule has 0 bridgehead atoms. The van der Waals surface area contributed by atoms with E-state index in [1.54, 1.807) is 18.2 Å². The van der Waals surface area contributed by atoms with Gasteiger partial charge in [0.1, 0.15) is 23.5 Å². The van der Waals surface area contributed by atoms with Gasteiger partial charge in [-0.05, 0) is 42.7 Å². The first-order valence-corrected chi connectivity index (χ1v) is 12.8. The van der Waals surface area contributed by atoms with Gasteiger partial charge in [-0.1, -0.05) is 18.9 Å². The molecule has 1 saturated carbocycles. The molecule has 1 aliphatic rings. The van der Waals surface area contributed by atoms with Crippen LogP contribution in [0.4, 0.5) is 17.2 Å². The van der Waals surface area contributed by atoms with Gasteiger partial charge in [0.15, 0.2) is 0 Å². The van der Waals surface area contributed by atoms with Gasteiger partial charge in [0.2, 0.25) is 0 Å². The Hall–Kier alpha value is -4.19. The normalized spacial score (nSPS) is 14.2. The molecule has 4 aromatic rings. The van der Waals surface area contributed by atoms with E-state index in [1.165, 1.54) is 25.6 Å². The van der Waals surface area contributed by atoms with Gasteiger partial charge in [0, 0.05) is 29.9 Å². The molecule has 0 radical (unpaired) electrons. The minimum Gasteiger partial charge on any atom is -0.495 e. The summed E-state index contributed by atoms with van der Waals surface area (Å²) in [6, 6.07) is 10.1. The predicted molar refractivity (Wildman–Crippen MR) is 135 cm³/mol. The van der Waals surface area contributed by atoms with Crippen LogP contribution in [0.3, 0.4) is 0 Å². The van der Waals surface area contributed by atoms with Crippen LogP contribution in [0.2, 0.25) is 0 Å². The second-order valence-electron chi connectivity index (χ2n) is 8.62. The third-order valence-corrected chi connectivity index (χ3v) is 7.85. The van der Waals surface area contributed by atoms with Crippen molar-refractivity contribution in [3.63, 3.8) is 0 Å². The first-order valence-electron chi connectivity index (χ1n) is 11.3. The summed E-state index contributed by atoms with van der Waals surface area (Å²) >= 11 is 0. The molecule has 0 atom stereocenters. The molecule has 0 amide bonds. The van der Waals surface area contributed by atoms with Crippen LogP contribution in [-0.2, 0) is 10.0 Å². The highest BCUT2D eigenvalue weighted by Crippen LogP contribution is 2.40. The van der Waals surface area contributed by atoms with E-state index in [2.05, 4.69) is 19.3 Å². The topological polar surface area (TPSA) is 155 Å². The van der Waals surface area contributed by atoms with Gasteiger partial charge >= 0.3 is 0 Å². The summed E-state index contributed by atoms with van der Waals surface area (Å²) < 4.78 is 36.0. The summed E-state index contributed by atoms with van der Waals surface area (Å²) in [4.78, 5) is 18.9. The van der Waals surface area contributed by atoms with Gasteiger partial charge in [0.05, 0.1) is 28.0 Å². The van der Waals surface area contributed by atoms with Gasteiger partial charge < -0.3 is 15.0 Å². The zero-order chi connectivity index (χ0) is 25.4. The number of nitrogen functional groups attached to an aromatic ring is 1. The fourth-order valence-corrected chi connectivity index (χ4v) is 5.75. The Kier molecular flexibility index (Phi) is 5.96. The molecular formula is C24H24N6O5S. The molecule has 5 rings (SSSR count). The Morgan fingerprint density at radius 1 is 1.14 bits per heavy atom. The second kappa shape index (κ2) is 9.11. The van der Waals surface area contributed by atoms with Crippen molar-refractivity contribution in [1.82, 2.24) is 14.5 Å². The van der Waals surface area contributed by atoms with Crippen LogP contribution < -0.4 is 15.2 Å². The van der Waals surface area contributed by atoms with Crippen LogP contribution in [0.1, 0.15) is 31.7 Å². The summed E-state index contributed by atoms with van der Waals surface area (Å²) in [5.41, 5.74) is 8.65. The standard InChI is InChI=1S/C24H24N6O5S/c1-35-21-12-15(6-11-20(21)28-36(33,34)18-9-7-17(8-10-18)30(31)32)19-13-29(16-4-2-3-5-16)24-22(19)23(25)26-14-27-24/h6-14,16,28H,2-5H2,1H3,(H2,25,26,27). The van der Waals surface area contributed by atoms with Crippen LogP contribution in [0.25, 0.3) is 22.2 Å². The molecule has 186 valence electrons. The Labute approximate surface area is 207 Å². The molecule has 2 aromatic heterocycles. The van der Waals surface area contributed by atoms with Crippen molar-refractivity contribution < 1.29 is 18.1 Å². The third-order valence-electron chi connectivity index (χ3n) is 6.47. The van der Waals surface area contributed by atoms with E-state index in [0.29, 0.717) is 17.6 Å². The van der Waals surface area contributed by atoms with E-state index in [4.69, 9.17) is 10.5 Å². The molecule has 0 saturated heterocycles. The summed E-state index contributed by atoms with van der Waals surface area (Å²) in [5, 5.41) is 11.6. The van der Waals surface area contributed by atoms with Gasteiger partial charge in [-0.3, -0.25) is 14.8 Å². The van der Waals surface area contributed by atoms with Crippen LogP contribution in [0.15, 0.2) is 59.9 Å². The fourth-order valence-electron chi connectivity index (χ4n) is 4.68. The third kappa shape index (κ3) is 4.19. The van der Waals surface area contributed by atoms with Crippen molar-refractivity contribution >= 4 is 38.2 Å². The molecule has 11 nitrogen and oxygen atoms in total. The number of nitrogens with one attached hydrogen (secondary N) is 1.